The van der Waals surface area contributed by atoms with E-state index in [2.05, 4.69) is 0 Å². The Morgan fingerprint density at radius 3 is 2.67 bits per heavy atom. The number of phenols is 1. The van der Waals surface area contributed by atoms with Gasteiger partial charge in [0.25, 0.3) is 0 Å². The number of nitrogens with zero attached hydrogens (tertiary/aromatic N) is 1. The summed E-state index contributed by atoms with van der Waals surface area (Å²) in [6, 6.07) is 5.64. The van der Waals surface area contributed by atoms with E-state index in [0.29, 0.717) is 17.7 Å². The van der Waals surface area contributed by atoms with Crippen molar-refractivity contribution in [2.45, 2.75) is 37.5 Å². The molecule has 6 heteroatoms. The number of rotatable bonds is 4. The Balaban J connectivity index is 1.85. The van der Waals surface area contributed by atoms with Crippen molar-refractivity contribution in [1.29, 1.82) is 0 Å². The first-order chi connectivity index (χ1) is 11.3. The summed E-state index contributed by atoms with van der Waals surface area (Å²) >= 11 is 0. The molecule has 1 aromatic rings. The van der Waals surface area contributed by atoms with Gasteiger partial charge in [-0.25, -0.2) is 4.79 Å². The molecular weight excluding hydrogens is 310 g/mol. The topological polar surface area (TPSA) is 101 Å². The minimum absolute atomic E-state index is 0.134. The van der Waals surface area contributed by atoms with Crippen LogP contribution in [0.25, 0.3) is 0 Å². The summed E-state index contributed by atoms with van der Waals surface area (Å²) in [4.78, 5) is 13.4. The first-order valence-corrected chi connectivity index (χ1v) is 7.87. The predicted molar refractivity (Wildman–Crippen MR) is 87.4 cm³/mol. The smallest absolute Gasteiger partial charge is 0.326 e. The molecular formula is C18H21NO5. The lowest BCUT2D eigenvalue weighted by molar-refractivity contribution is -0.142. The molecule has 1 fully saturated rings. The third kappa shape index (κ3) is 3.02. The van der Waals surface area contributed by atoms with E-state index in [0.717, 1.165) is 5.56 Å². The number of carboxylic acids is 1. The maximum absolute atomic E-state index is 11.7. The highest BCUT2D eigenvalue weighted by atomic mass is 16.4. The van der Waals surface area contributed by atoms with Crippen LogP contribution in [0.15, 0.2) is 47.7 Å². The lowest BCUT2D eigenvalue weighted by Crippen LogP contribution is -2.42. The van der Waals surface area contributed by atoms with Crippen LogP contribution in [0.5, 0.6) is 5.75 Å². The predicted octanol–water partition coefficient (Wildman–Crippen LogP) is 1.03. The van der Waals surface area contributed by atoms with E-state index >= 15 is 0 Å². The Morgan fingerprint density at radius 2 is 2.04 bits per heavy atom. The van der Waals surface area contributed by atoms with Crippen LogP contribution in [0.4, 0.5) is 0 Å². The molecule has 1 heterocycles. The number of carbonyl (C=O) groups is 1. The van der Waals surface area contributed by atoms with Gasteiger partial charge in [0.15, 0.2) is 0 Å². The van der Waals surface area contributed by atoms with E-state index in [9.17, 15) is 25.2 Å². The van der Waals surface area contributed by atoms with Crippen molar-refractivity contribution in [2.75, 3.05) is 6.54 Å². The molecule has 4 N–H and O–H groups in total. The highest BCUT2D eigenvalue weighted by molar-refractivity contribution is 5.74. The quantitative estimate of drug-likeness (QED) is 0.657. The van der Waals surface area contributed by atoms with Crippen LogP contribution in [0, 0.1) is 0 Å². The molecule has 3 unspecified atom stereocenters. The fourth-order valence-corrected chi connectivity index (χ4v) is 3.39. The molecule has 3 rings (SSSR count). The van der Waals surface area contributed by atoms with Gasteiger partial charge < -0.3 is 25.3 Å². The second-order valence-electron chi connectivity index (χ2n) is 6.62. The van der Waals surface area contributed by atoms with Crippen LogP contribution in [-0.2, 0) is 11.2 Å². The Labute approximate surface area is 140 Å². The van der Waals surface area contributed by atoms with Crippen molar-refractivity contribution in [3.05, 3.63) is 53.3 Å². The van der Waals surface area contributed by atoms with Crippen molar-refractivity contribution in [2.24, 2.45) is 0 Å². The molecule has 24 heavy (non-hydrogen) atoms. The molecule has 0 spiro atoms. The van der Waals surface area contributed by atoms with Crippen LogP contribution in [0.3, 0.4) is 0 Å². The van der Waals surface area contributed by atoms with Gasteiger partial charge in [0, 0.05) is 31.2 Å². The monoisotopic (exact) mass is 331 g/mol. The molecule has 1 aliphatic heterocycles. The summed E-state index contributed by atoms with van der Waals surface area (Å²) in [6.07, 6.45) is 3.22. The molecule has 0 amide bonds. The minimum Gasteiger partial charge on any atom is -0.508 e. The molecule has 128 valence electrons. The zero-order valence-corrected chi connectivity index (χ0v) is 13.4. The summed E-state index contributed by atoms with van der Waals surface area (Å²) < 4.78 is 0. The fourth-order valence-electron chi connectivity index (χ4n) is 3.39. The van der Waals surface area contributed by atoms with Crippen molar-refractivity contribution in [3.63, 3.8) is 0 Å². The van der Waals surface area contributed by atoms with Crippen LogP contribution in [0.1, 0.15) is 18.9 Å². The number of aliphatic hydroxyl groups excluding tert-OH is 1. The number of aliphatic hydroxyl groups is 2. The SMILES string of the molecule is CC1(O)CC(O)C2=CCN(C(Cc3ccc(O)cc3)C(=O)O)C=C21. The summed E-state index contributed by atoms with van der Waals surface area (Å²) in [5.74, 6) is -0.829. The summed E-state index contributed by atoms with van der Waals surface area (Å²) in [6.45, 7) is 1.99. The standard InChI is InChI=1S/C18H21NO5/c1-18(24)9-16(21)13-6-7-19(10-14(13)18)15(17(22)23)8-11-2-4-12(20)5-3-11/h2-6,10,15-16,20-21,24H,7-9H2,1H3,(H,22,23). The number of benzene rings is 1. The van der Waals surface area contributed by atoms with Crippen LogP contribution < -0.4 is 0 Å². The van der Waals surface area contributed by atoms with Gasteiger partial charge in [-0.3, -0.25) is 0 Å². The maximum Gasteiger partial charge on any atom is 0.326 e. The zero-order valence-electron chi connectivity index (χ0n) is 13.4. The third-order valence-electron chi connectivity index (χ3n) is 4.71. The van der Waals surface area contributed by atoms with Gasteiger partial charge in [-0.2, -0.15) is 0 Å². The van der Waals surface area contributed by atoms with E-state index in [1.807, 2.05) is 0 Å². The lowest BCUT2D eigenvalue weighted by Gasteiger charge is -2.32. The molecule has 1 aromatic carbocycles. The number of aliphatic carboxylic acids is 1. The first kappa shape index (κ1) is 16.5. The molecule has 2 aliphatic rings. The van der Waals surface area contributed by atoms with E-state index in [1.165, 1.54) is 12.1 Å². The Morgan fingerprint density at radius 1 is 1.38 bits per heavy atom. The van der Waals surface area contributed by atoms with Crippen LogP contribution >= 0.6 is 0 Å². The Kier molecular flexibility index (Phi) is 4.11. The lowest BCUT2D eigenvalue weighted by atomic mass is 9.95. The molecule has 0 aromatic heterocycles. The summed E-state index contributed by atoms with van der Waals surface area (Å²) in [7, 11) is 0. The number of carboxylic acid groups (broad SMARTS) is 1. The van der Waals surface area contributed by atoms with E-state index in [4.69, 9.17) is 0 Å². The van der Waals surface area contributed by atoms with Gasteiger partial charge in [-0.05, 0) is 30.2 Å². The number of hydrogen-bond acceptors (Lipinski definition) is 5. The van der Waals surface area contributed by atoms with Crippen molar-refractivity contribution in [3.8, 4) is 5.75 Å². The van der Waals surface area contributed by atoms with Crippen molar-refractivity contribution >= 4 is 5.97 Å². The van der Waals surface area contributed by atoms with Crippen LogP contribution in [0.2, 0.25) is 0 Å². The second-order valence-corrected chi connectivity index (χ2v) is 6.62. The Hall–Kier alpha value is -2.31. The maximum atomic E-state index is 11.7. The molecule has 0 saturated heterocycles. The van der Waals surface area contributed by atoms with E-state index in [1.54, 1.807) is 36.2 Å². The second kappa shape index (κ2) is 5.96. The Bertz CT molecular complexity index is 705. The molecule has 1 saturated carbocycles. The van der Waals surface area contributed by atoms with Gasteiger partial charge in [0.2, 0.25) is 0 Å². The third-order valence-corrected chi connectivity index (χ3v) is 4.71. The first-order valence-electron chi connectivity index (χ1n) is 7.87. The van der Waals surface area contributed by atoms with Gasteiger partial charge in [0.1, 0.15) is 11.8 Å². The fraction of sp³-hybridized carbons (Fsp3) is 0.389. The number of aromatic hydroxyl groups is 1. The van der Waals surface area contributed by atoms with Gasteiger partial charge in [-0.1, -0.05) is 18.2 Å². The van der Waals surface area contributed by atoms with Crippen molar-refractivity contribution < 1.29 is 25.2 Å². The largest absolute Gasteiger partial charge is 0.508 e. The summed E-state index contributed by atoms with van der Waals surface area (Å²) in [5.41, 5.74) is 0.903. The molecule has 3 atom stereocenters. The number of hydrogen-bond donors (Lipinski definition) is 4. The van der Waals surface area contributed by atoms with Crippen LogP contribution in [-0.4, -0.2) is 55.6 Å². The highest BCUT2D eigenvalue weighted by Crippen LogP contribution is 2.41. The molecule has 1 aliphatic carbocycles. The minimum atomic E-state index is -1.16. The normalized spacial score (nSPS) is 27.3. The average Bonchev–Trinajstić information content (AvgIpc) is 2.75. The molecule has 0 bridgehead atoms. The van der Waals surface area contributed by atoms with E-state index < -0.39 is 23.7 Å². The van der Waals surface area contributed by atoms with Gasteiger partial charge in [-0.15, -0.1) is 0 Å². The number of fused-ring (bicyclic) bond motifs is 1. The van der Waals surface area contributed by atoms with Crippen molar-refractivity contribution in [1.82, 2.24) is 4.90 Å². The van der Waals surface area contributed by atoms with E-state index in [-0.39, 0.29) is 18.6 Å². The summed E-state index contributed by atoms with van der Waals surface area (Å²) in [5, 5.41) is 39.4. The highest BCUT2D eigenvalue weighted by Gasteiger charge is 2.43. The van der Waals surface area contributed by atoms with Gasteiger partial charge in [0.05, 0.1) is 11.7 Å². The zero-order chi connectivity index (χ0) is 17.5. The average molecular weight is 331 g/mol. The molecule has 0 radical (unpaired) electrons. The molecule has 6 nitrogen and oxygen atoms in total. The number of phenolic OH excluding ortho intramolecular Hbond substituents is 1. The van der Waals surface area contributed by atoms with Gasteiger partial charge >= 0.3 is 5.97 Å².